The number of hydrogen-bond donors (Lipinski definition) is 1. The van der Waals surface area contributed by atoms with Crippen LogP contribution in [0.25, 0.3) is 11.3 Å². The van der Waals surface area contributed by atoms with Gasteiger partial charge in [-0.3, -0.25) is 0 Å². The van der Waals surface area contributed by atoms with Gasteiger partial charge in [0.2, 0.25) is 0 Å². The van der Waals surface area contributed by atoms with Gasteiger partial charge in [-0.1, -0.05) is 32.1 Å². The molecule has 0 atom stereocenters. The topological polar surface area (TPSA) is 25.2 Å². The van der Waals surface area contributed by atoms with Crippen molar-refractivity contribution >= 4 is 12.4 Å². The van der Waals surface area contributed by atoms with Crippen molar-refractivity contribution in [3.05, 3.63) is 48.0 Å². The first-order valence-corrected chi connectivity index (χ1v) is 8.39. The zero-order chi connectivity index (χ0) is 15.2. The lowest BCUT2D eigenvalue weighted by molar-refractivity contribution is 0.372. The van der Waals surface area contributed by atoms with Crippen LogP contribution < -0.4 is 5.32 Å². The summed E-state index contributed by atoms with van der Waals surface area (Å²) < 4.78 is 18.8. The fraction of sp³-hybridized carbons (Fsp3) is 0.474. The van der Waals surface area contributed by atoms with Crippen LogP contribution in [0.2, 0.25) is 0 Å². The third-order valence-electron chi connectivity index (χ3n) is 4.46. The number of halogens is 2. The maximum atomic E-state index is 13.0. The van der Waals surface area contributed by atoms with Crippen molar-refractivity contribution in [3.63, 3.8) is 0 Å². The number of rotatable bonds is 4. The maximum absolute atomic E-state index is 13.0. The molecule has 126 valence electrons. The van der Waals surface area contributed by atoms with E-state index in [-0.39, 0.29) is 18.2 Å². The van der Waals surface area contributed by atoms with Crippen LogP contribution in [0.3, 0.4) is 0 Å². The van der Waals surface area contributed by atoms with E-state index in [1.54, 1.807) is 12.1 Å². The summed E-state index contributed by atoms with van der Waals surface area (Å²) in [5, 5.41) is 3.63. The van der Waals surface area contributed by atoms with Gasteiger partial charge in [0.05, 0.1) is 6.54 Å². The van der Waals surface area contributed by atoms with Crippen molar-refractivity contribution in [1.29, 1.82) is 0 Å². The summed E-state index contributed by atoms with van der Waals surface area (Å²) in [4.78, 5) is 0. The Bertz CT molecular complexity index is 573. The third kappa shape index (κ3) is 5.36. The summed E-state index contributed by atoms with van der Waals surface area (Å²) in [7, 11) is 0. The molecule has 4 heteroatoms. The minimum Gasteiger partial charge on any atom is -0.460 e. The van der Waals surface area contributed by atoms with Crippen LogP contribution in [0.4, 0.5) is 4.39 Å². The van der Waals surface area contributed by atoms with E-state index in [1.807, 2.05) is 12.1 Å². The van der Waals surface area contributed by atoms with Crippen LogP contribution in [0.5, 0.6) is 0 Å². The molecule has 1 aliphatic carbocycles. The molecule has 0 unspecified atom stereocenters. The van der Waals surface area contributed by atoms with Gasteiger partial charge in [-0.25, -0.2) is 4.39 Å². The molecule has 2 nitrogen and oxygen atoms in total. The molecule has 23 heavy (non-hydrogen) atoms. The van der Waals surface area contributed by atoms with E-state index >= 15 is 0 Å². The van der Waals surface area contributed by atoms with Gasteiger partial charge in [-0.15, -0.1) is 12.4 Å². The smallest absolute Gasteiger partial charge is 0.134 e. The second-order valence-electron chi connectivity index (χ2n) is 6.20. The summed E-state index contributed by atoms with van der Waals surface area (Å²) in [6.45, 7) is 0.770. The molecule has 0 bridgehead atoms. The van der Waals surface area contributed by atoms with Crippen molar-refractivity contribution < 1.29 is 8.81 Å². The van der Waals surface area contributed by atoms with E-state index in [2.05, 4.69) is 5.32 Å². The molecule has 0 radical (unpaired) electrons. The highest BCUT2D eigenvalue weighted by Gasteiger charge is 2.12. The number of furan rings is 1. The van der Waals surface area contributed by atoms with Crippen LogP contribution in [-0.4, -0.2) is 6.04 Å². The minimum atomic E-state index is -0.221. The Morgan fingerprint density at radius 3 is 2.26 bits per heavy atom. The Morgan fingerprint density at radius 1 is 0.913 bits per heavy atom. The molecule has 1 N–H and O–H groups in total. The fourth-order valence-electron chi connectivity index (χ4n) is 3.15. The predicted octanol–water partition coefficient (Wildman–Crippen LogP) is 5.71. The SMILES string of the molecule is Cl.Fc1ccc(-c2ccc(CNC3CCCCCCC3)o2)cc1. The molecule has 3 rings (SSSR count). The lowest BCUT2D eigenvalue weighted by atomic mass is 9.97. The molecule has 2 aromatic rings. The molecule has 1 saturated carbocycles. The van der Waals surface area contributed by atoms with Gasteiger partial charge in [0.25, 0.3) is 0 Å². The average molecular weight is 338 g/mol. The van der Waals surface area contributed by atoms with E-state index < -0.39 is 0 Å². The minimum absolute atomic E-state index is 0. The van der Waals surface area contributed by atoms with Crippen molar-refractivity contribution in [2.45, 2.75) is 57.5 Å². The van der Waals surface area contributed by atoms with Gasteiger partial charge in [0, 0.05) is 11.6 Å². The zero-order valence-corrected chi connectivity index (χ0v) is 14.2. The second-order valence-corrected chi connectivity index (χ2v) is 6.20. The monoisotopic (exact) mass is 337 g/mol. The normalized spacial score (nSPS) is 16.4. The lowest BCUT2D eigenvalue weighted by Gasteiger charge is -2.20. The van der Waals surface area contributed by atoms with Crippen molar-refractivity contribution in [3.8, 4) is 11.3 Å². The first-order valence-electron chi connectivity index (χ1n) is 8.39. The molecule has 0 aliphatic heterocycles. The maximum Gasteiger partial charge on any atom is 0.134 e. The van der Waals surface area contributed by atoms with E-state index in [0.717, 1.165) is 23.6 Å². The van der Waals surface area contributed by atoms with Crippen LogP contribution >= 0.6 is 12.4 Å². The Balaban J connectivity index is 0.00000192. The molecular weight excluding hydrogens is 313 g/mol. The Hall–Kier alpha value is -1.32. The molecule has 0 saturated heterocycles. The highest BCUT2D eigenvalue weighted by atomic mass is 35.5. The fourth-order valence-corrected chi connectivity index (χ4v) is 3.15. The Labute approximate surface area is 143 Å². The summed E-state index contributed by atoms with van der Waals surface area (Å²) in [6.07, 6.45) is 9.33. The quantitative estimate of drug-likeness (QED) is 0.773. The number of hydrogen-bond acceptors (Lipinski definition) is 2. The zero-order valence-electron chi connectivity index (χ0n) is 13.4. The van der Waals surface area contributed by atoms with Gasteiger partial charge in [-0.05, 0) is 49.2 Å². The van der Waals surface area contributed by atoms with Gasteiger partial charge < -0.3 is 9.73 Å². The molecular formula is C19H25ClFNO. The van der Waals surface area contributed by atoms with E-state index in [4.69, 9.17) is 4.42 Å². The standard InChI is InChI=1S/C19H24FNO.ClH/c20-16-10-8-15(9-11-16)19-13-12-18(22-19)14-21-17-6-4-2-1-3-5-7-17;/h8-13,17,21H,1-7,14H2;1H. The molecule has 1 aromatic heterocycles. The number of nitrogens with one attached hydrogen (secondary N) is 1. The second kappa shape index (κ2) is 9.09. The summed E-state index contributed by atoms with van der Waals surface area (Å²) >= 11 is 0. The number of benzene rings is 1. The molecule has 1 aromatic carbocycles. The van der Waals surface area contributed by atoms with Crippen LogP contribution in [0, 0.1) is 5.82 Å². The predicted molar refractivity (Wildman–Crippen MR) is 94.3 cm³/mol. The van der Waals surface area contributed by atoms with Crippen molar-refractivity contribution in [1.82, 2.24) is 5.32 Å². The first kappa shape index (κ1) is 18.0. The highest BCUT2D eigenvalue weighted by Crippen LogP contribution is 2.23. The van der Waals surface area contributed by atoms with E-state index in [1.165, 1.54) is 57.1 Å². The summed E-state index contributed by atoms with van der Waals surface area (Å²) in [6, 6.07) is 11.0. The van der Waals surface area contributed by atoms with Crippen LogP contribution in [0.15, 0.2) is 40.8 Å². The van der Waals surface area contributed by atoms with Gasteiger partial charge in [0.15, 0.2) is 0 Å². The van der Waals surface area contributed by atoms with Gasteiger partial charge in [-0.2, -0.15) is 0 Å². The highest BCUT2D eigenvalue weighted by molar-refractivity contribution is 5.85. The third-order valence-corrected chi connectivity index (χ3v) is 4.46. The van der Waals surface area contributed by atoms with Crippen molar-refractivity contribution in [2.24, 2.45) is 0 Å². The summed E-state index contributed by atoms with van der Waals surface area (Å²) in [5.74, 6) is 1.53. The summed E-state index contributed by atoms with van der Waals surface area (Å²) in [5.41, 5.74) is 0.915. The molecule has 0 spiro atoms. The van der Waals surface area contributed by atoms with Gasteiger partial charge in [0.1, 0.15) is 17.3 Å². The van der Waals surface area contributed by atoms with Gasteiger partial charge >= 0.3 is 0 Å². The first-order chi connectivity index (χ1) is 10.8. The van der Waals surface area contributed by atoms with E-state index in [9.17, 15) is 4.39 Å². The Kier molecular flexibility index (Phi) is 7.13. The lowest BCUT2D eigenvalue weighted by Crippen LogP contribution is -2.29. The van der Waals surface area contributed by atoms with Crippen LogP contribution in [0.1, 0.15) is 50.7 Å². The largest absolute Gasteiger partial charge is 0.460 e. The van der Waals surface area contributed by atoms with E-state index in [0.29, 0.717) is 6.04 Å². The van der Waals surface area contributed by atoms with Crippen LogP contribution in [-0.2, 0) is 6.54 Å². The molecule has 0 amide bonds. The molecule has 1 fully saturated rings. The molecule has 1 aliphatic rings. The Morgan fingerprint density at radius 2 is 1.57 bits per heavy atom. The van der Waals surface area contributed by atoms with Crippen molar-refractivity contribution in [2.75, 3.05) is 0 Å². The molecule has 1 heterocycles. The average Bonchev–Trinajstić information content (AvgIpc) is 2.96.